The van der Waals surface area contributed by atoms with Crippen LogP contribution in [0.2, 0.25) is 5.02 Å². The number of hydrogen-bond donors (Lipinski definition) is 2. The van der Waals surface area contributed by atoms with Gasteiger partial charge < -0.3 is 20.4 Å². The number of nitrogens with one attached hydrogen (secondary N) is 2. The molecule has 2 N–H and O–H groups in total. The molecule has 0 aliphatic carbocycles. The Bertz CT molecular complexity index is 557. The molecule has 1 aromatic carbocycles. The molecular formula is C19H29ClN4O. The van der Waals surface area contributed by atoms with E-state index in [1.54, 1.807) is 0 Å². The van der Waals surface area contributed by atoms with Crippen molar-refractivity contribution in [2.75, 3.05) is 44.2 Å². The minimum atomic E-state index is -0.0140. The molecule has 0 aromatic heterocycles. The molecule has 0 bridgehead atoms. The summed E-state index contributed by atoms with van der Waals surface area (Å²) in [5.74, 6) is 0.503. The summed E-state index contributed by atoms with van der Waals surface area (Å²) in [7, 11) is 0. The Morgan fingerprint density at radius 1 is 1.16 bits per heavy atom. The maximum atomic E-state index is 12.1. The Morgan fingerprint density at radius 2 is 1.88 bits per heavy atom. The molecule has 6 heteroatoms. The van der Waals surface area contributed by atoms with Gasteiger partial charge in [-0.05, 0) is 56.0 Å². The molecule has 2 fully saturated rings. The molecule has 1 aromatic rings. The van der Waals surface area contributed by atoms with Crippen molar-refractivity contribution in [3.8, 4) is 0 Å². The second kappa shape index (κ2) is 8.77. The zero-order valence-corrected chi connectivity index (χ0v) is 15.8. The minimum Gasteiger partial charge on any atom is -0.371 e. The number of nitrogens with zero attached hydrogens (tertiary/aromatic N) is 2. The van der Waals surface area contributed by atoms with Crippen LogP contribution in [0, 0.1) is 5.92 Å². The standard InChI is InChI=1S/C19H29ClN4O/c1-2-23-10-8-17(9-11-23)22-19(25)21-13-15-7-12-24(14-15)18-5-3-16(20)4-6-18/h3-6,15,17H,2,7-14H2,1H3,(H2,21,22,25)/t15-/m1/s1. The number of anilines is 1. The summed E-state index contributed by atoms with van der Waals surface area (Å²) in [5, 5.41) is 6.96. The number of halogens is 1. The molecule has 25 heavy (non-hydrogen) atoms. The highest BCUT2D eigenvalue weighted by Crippen LogP contribution is 2.24. The molecule has 1 atom stereocenters. The van der Waals surface area contributed by atoms with Gasteiger partial charge in [0, 0.05) is 49.5 Å². The molecule has 0 saturated carbocycles. The SMILES string of the molecule is CCN1CCC(NC(=O)NC[C@H]2CCN(c3ccc(Cl)cc3)C2)CC1. The fourth-order valence-corrected chi connectivity index (χ4v) is 3.88. The first kappa shape index (κ1) is 18.3. The van der Waals surface area contributed by atoms with E-state index in [1.807, 2.05) is 12.1 Å². The maximum absolute atomic E-state index is 12.1. The zero-order valence-electron chi connectivity index (χ0n) is 15.0. The Hall–Kier alpha value is -1.46. The summed E-state index contributed by atoms with van der Waals surface area (Å²) in [5.41, 5.74) is 1.21. The maximum Gasteiger partial charge on any atom is 0.315 e. The smallest absolute Gasteiger partial charge is 0.315 e. The van der Waals surface area contributed by atoms with Gasteiger partial charge in [0.15, 0.2) is 0 Å². The van der Waals surface area contributed by atoms with Gasteiger partial charge in [0.2, 0.25) is 0 Å². The molecule has 5 nitrogen and oxygen atoms in total. The van der Waals surface area contributed by atoms with Crippen LogP contribution in [-0.4, -0.2) is 56.2 Å². The van der Waals surface area contributed by atoms with Gasteiger partial charge in [-0.1, -0.05) is 18.5 Å². The van der Waals surface area contributed by atoms with Gasteiger partial charge in [0.1, 0.15) is 0 Å². The number of carbonyl (C=O) groups excluding carboxylic acids is 1. The van der Waals surface area contributed by atoms with E-state index in [0.717, 1.165) is 63.6 Å². The lowest BCUT2D eigenvalue weighted by Gasteiger charge is -2.31. The van der Waals surface area contributed by atoms with E-state index < -0.39 is 0 Å². The summed E-state index contributed by atoms with van der Waals surface area (Å²) in [4.78, 5) is 16.9. The average molecular weight is 365 g/mol. The summed E-state index contributed by atoms with van der Waals surface area (Å²) in [6.07, 6.45) is 3.21. The molecular weight excluding hydrogens is 336 g/mol. The van der Waals surface area contributed by atoms with Crippen LogP contribution in [0.15, 0.2) is 24.3 Å². The van der Waals surface area contributed by atoms with Crippen LogP contribution in [0.3, 0.4) is 0 Å². The normalized spacial score (nSPS) is 22.2. The van der Waals surface area contributed by atoms with Crippen molar-refractivity contribution in [2.24, 2.45) is 5.92 Å². The van der Waals surface area contributed by atoms with Crippen LogP contribution in [-0.2, 0) is 0 Å². The minimum absolute atomic E-state index is 0.0140. The van der Waals surface area contributed by atoms with Crippen LogP contribution in [0.4, 0.5) is 10.5 Å². The third kappa shape index (κ3) is 5.25. The van der Waals surface area contributed by atoms with Crippen LogP contribution in [0.5, 0.6) is 0 Å². The summed E-state index contributed by atoms with van der Waals surface area (Å²) in [6, 6.07) is 8.29. The molecule has 0 radical (unpaired) electrons. The topological polar surface area (TPSA) is 47.6 Å². The average Bonchev–Trinajstić information content (AvgIpc) is 3.10. The highest BCUT2D eigenvalue weighted by Gasteiger charge is 2.24. The molecule has 2 saturated heterocycles. The monoisotopic (exact) mass is 364 g/mol. The number of amides is 2. The molecule has 2 amide bonds. The zero-order chi connectivity index (χ0) is 17.6. The number of rotatable bonds is 5. The second-order valence-corrected chi connectivity index (χ2v) is 7.58. The largest absolute Gasteiger partial charge is 0.371 e. The fraction of sp³-hybridized carbons (Fsp3) is 0.632. The predicted octanol–water partition coefficient (Wildman–Crippen LogP) is 2.95. The van der Waals surface area contributed by atoms with Gasteiger partial charge in [-0.25, -0.2) is 4.79 Å². The Labute approximate surface area is 155 Å². The van der Waals surface area contributed by atoms with Crippen LogP contribution in [0.25, 0.3) is 0 Å². The van der Waals surface area contributed by atoms with E-state index >= 15 is 0 Å². The predicted molar refractivity (Wildman–Crippen MR) is 103 cm³/mol. The van der Waals surface area contributed by atoms with Crippen LogP contribution >= 0.6 is 11.6 Å². The number of likely N-dealkylation sites (tertiary alicyclic amines) is 1. The molecule has 0 unspecified atom stereocenters. The van der Waals surface area contributed by atoms with Gasteiger partial charge in [-0.2, -0.15) is 0 Å². The van der Waals surface area contributed by atoms with Gasteiger partial charge in [-0.15, -0.1) is 0 Å². The molecule has 2 aliphatic rings. The molecule has 2 heterocycles. The highest BCUT2D eigenvalue weighted by atomic mass is 35.5. The Balaban J connectivity index is 1.36. The van der Waals surface area contributed by atoms with E-state index in [4.69, 9.17) is 11.6 Å². The van der Waals surface area contributed by atoms with Crippen molar-refractivity contribution in [1.82, 2.24) is 15.5 Å². The number of piperidine rings is 1. The van der Waals surface area contributed by atoms with Crippen LogP contribution < -0.4 is 15.5 Å². The van der Waals surface area contributed by atoms with Crippen molar-refractivity contribution in [2.45, 2.75) is 32.2 Å². The Morgan fingerprint density at radius 3 is 2.56 bits per heavy atom. The summed E-state index contributed by atoms with van der Waals surface area (Å²) < 4.78 is 0. The molecule has 138 valence electrons. The van der Waals surface area contributed by atoms with Crippen molar-refractivity contribution >= 4 is 23.3 Å². The molecule has 3 rings (SSSR count). The summed E-state index contributed by atoms with van der Waals surface area (Å²) in [6.45, 7) is 8.21. The van der Waals surface area contributed by atoms with E-state index in [0.29, 0.717) is 12.0 Å². The van der Waals surface area contributed by atoms with Crippen molar-refractivity contribution < 1.29 is 4.79 Å². The van der Waals surface area contributed by atoms with Gasteiger partial charge in [0.25, 0.3) is 0 Å². The first-order valence-electron chi connectivity index (χ1n) is 9.41. The lowest BCUT2D eigenvalue weighted by Crippen LogP contribution is -2.48. The van der Waals surface area contributed by atoms with Gasteiger partial charge >= 0.3 is 6.03 Å². The first-order valence-corrected chi connectivity index (χ1v) is 9.79. The number of hydrogen-bond acceptors (Lipinski definition) is 3. The third-order valence-electron chi connectivity index (χ3n) is 5.40. The van der Waals surface area contributed by atoms with E-state index in [9.17, 15) is 4.79 Å². The van der Waals surface area contributed by atoms with Gasteiger partial charge in [-0.3, -0.25) is 0 Å². The summed E-state index contributed by atoms with van der Waals surface area (Å²) >= 11 is 5.95. The van der Waals surface area contributed by atoms with Crippen molar-refractivity contribution in [3.05, 3.63) is 29.3 Å². The number of urea groups is 1. The molecule has 2 aliphatic heterocycles. The van der Waals surface area contributed by atoms with Crippen LogP contribution in [0.1, 0.15) is 26.2 Å². The van der Waals surface area contributed by atoms with Gasteiger partial charge in [0.05, 0.1) is 0 Å². The van der Waals surface area contributed by atoms with Crippen molar-refractivity contribution in [3.63, 3.8) is 0 Å². The fourth-order valence-electron chi connectivity index (χ4n) is 3.75. The lowest BCUT2D eigenvalue weighted by atomic mass is 10.1. The molecule has 0 spiro atoms. The highest BCUT2D eigenvalue weighted by molar-refractivity contribution is 6.30. The Kier molecular flexibility index (Phi) is 6.43. The van der Waals surface area contributed by atoms with E-state index in [2.05, 4.69) is 39.5 Å². The number of carbonyl (C=O) groups is 1. The second-order valence-electron chi connectivity index (χ2n) is 7.14. The quantitative estimate of drug-likeness (QED) is 0.844. The van der Waals surface area contributed by atoms with E-state index in [-0.39, 0.29) is 6.03 Å². The lowest BCUT2D eigenvalue weighted by molar-refractivity contribution is 0.198. The number of benzene rings is 1. The van der Waals surface area contributed by atoms with Crippen molar-refractivity contribution in [1.29, 1.82) is 0 Å². The first-order chi connectivity index (χ1) is 12.1. The third-order valence-corrected chi connectivity index (χ3v) is 5.65. The van der Waals surface area contributed by atoms with E-state index in [1.165, 1.54) is 5.69 Å².